The minimum Gasteiger partial charge on any atom is -0.465 e. The number of rotatable bonds is 3. The van der Waals surface area contributed by atoms with Crippen LogP contribution in [0.1, 0.15) is 32.1 Å². The number of amides is 1. The van der Waals surface area contributed by atoms with Crippen molar-refractivity contribution in [3.05, 3.63) is 29.3 Å². The Morgan fingerprint density at radius 1 is 1.32 bits per heavy atom. The molecule has 3 rings (SSSR count). The number of carboxylic acid groups (broad SMARTS) is 1. The van der Waals surface area contributed by atoms with E-state index in [4.69, 9.17) is 22.0 Å². The number of nitriles is 1. The molecule has 0 spiro atoms. The fourth-order valence-electron chi connectivity index (χ4n) is 2.65. The van der Waals surface area contributed by atoms with E-state index in [9.17, 15) is 18.3 Å². The molecule has 0 aromatic heterocycles. The third kappa shape index (κ3) is 4.84. The first-order chi connectivity index (χ1) is 11.7. The van der Waals surface area contributed by atoms with Crippen LogP contribution < -0.4 is 5.32 Å². The Morgan fingerprint density at radius 3 is 2.36 bits per heavy atom. The van der Waals surface area contributed by atoms with Crippen molar-refractivity contribution in [3.8, 4) is 6.07 Å². The normalized spacial score (nSPS) is 23.7. The van der Waals surface area contributed by atoms with Crippen LogP contribution in [0.25, 0.3) is 0 Å². The molecule has 0 saturated heterocycles. The number of hydrogen-bond donors (Lipinski definition) is 3. The summed E-state index contributed by atoms with van der Waals surface area (Å²) in [6.07, 6.45) is 1.05. The van der Waals surface area contributed by atoms with Gasteiger partial charge in [0.15, 0.2) is 9.84 Å². The number of nitrogens with one attached hydrogen (secondary N) is 1. The lowest BCUT2D eigenvalue weighted by atomic mass is 10.3. The molecule has 3 N–H and O–H groups in total. The summed E-state index contributed by atoms with van der Waals surface area (Å²) >= 11 is 5.88. The Balaban J connectivity index is 0.000000212. The van der Waals surface area contributed by atoms with Crippen LogP contribution in [-0.4, -0.2) is 41.6 Å². The van der Waals surface area contributed by atoms with E-state index in [-0.39, 0.29) is 9.92 Å². The number of aliphatic hydroxyl groups is 1. The summed E-state index contributed by atoms with van der Waals surface area (Å²) < 4.78 is 24.4. The van der Waals surface area contributed by atoms with Crippen LogP contribution in [0.3, 0.4) is 0 Å². The minimum absolute atomic E-state index is 0.177. The molecular weight excluding hydrogens is 368 g/mol. The molecule has 2 atom stereocenters. The number of aliphatic hydroxyl groups excluding tert-OH is 1. The van der Waals surface area contributed by atoms with Crippen molar-refractivity contribution in [3.63, 3.8) is 0 Å². The van der Waals surface area contributed by atoms with Crippen molar-refractivity contribution in [2.24, 2.45) is 0 Å². The summed E-state index contributed by atoms with van der Waals surface area (Å²) in [6, 6.07) is 8.33. The Kier molecular flexibility index (Phi) is 5.93. The first kappa shape index (κ1) is 19.5. The van der Waals surface area contributed by atoms with E-state index >= 15 is 0 Å². The van der Waals surface area contributed by atoms with Gasteiger partial charge in [-0.25, -0.2) is 13.2 Å². The molecule has 1 aromatic rings. The van der Waals surface area contributed by atoms with Gasteiger partial charge in [0.25, 0.3) is 0 Å². The number of nitrogens with zero attached hydrogens (tertiary/aromatic N) is 1. The molecule has 9 heteroatoms. The maximum atomic E-state index is 12.2. The van der Waals surface area contributed by atoms with E-state index in [1.165, 1.54) is 6.07 Å². The van der Waals surface area contributed by atoms with Gasteiger partial charge in [0.2, 0.25) is 0 Å². The molecule has 0 radical (unpaired) electrons. The zero-order valence-corrected chi connectivity index (χ0v) is 14.9. The van der Waals surface area contributed by atoms with Crippen LogP contribution in [-0.2, 0) is 9.84 Å². The quantitative estimate of drug-likeness (QED) is 0.731. The summed E-state index contributed by atoms with van der Waals surface area (Å²) in [7, 11) is -3.39. The highest BCUT2D eigenvalue weighted by Gasteiger charge is 2.44. The fourth-order valence-corrected chi connectivity index (χ4v) is 5.00. The molecule has 1 aromatic carbocycles. The Bertz CT molecular complexity index is 786. The van der Waals surface area contributed by atoms with E-state index in [1.807, 2.05) is 6.07 Å². The topological polar surface area (TPSA) is 127 Å². The molecule has 2 saturated carbocycles. The van der Waals surface area contributed by atoms with E-state index in [1.54, 1.807) is 18.2 Å². The maximum absolute atomic E-state index is 12.2. The van der Waals surface area contributed by atoms with Crippen molar-refractivity contribution in [2.45, 2.75) is 53.9 Å². The molecule has 0 heterocycles. The number of hydrogen-bond acceptors (Lipinski definition) is 5. The monoisotopic (exact) mass is 386 g/mol. The second-order valence-corrected chi connectivity index (χ2v) is 8.79. The average Bonchev–Trinajstić information content (AvgIpc) is 3.17. The molecule has 1 amide bonds. The molecule has 0 bridgehead atoms. The van der Waals surface area contributed by atoms with E-state index in [2.05, 4.69) is 5.32 Å². The Morgan fingerprint density at radius 2 is 1.96 bits per heavy atom. The lowest BCUT2D eigenvalue weighted by Gasteiger charge is -2.12. The minimum atomic E-state index is -3.39. The van der Waals surface area contributed by atoms with Gasteiger partial charge in [-0.15, -0.1) is 0 Å². The van der Waals surface area contributed by atoms with E-state index in [0.29, 0.717) is 32.1 Å². The second-order valence-electron chi connectivity index (χ2n) is 6.19. The van der Waals surface area contributed by atoms with Crippen molar-refractivity contribution < 1.29 is 23.4 Å². The van der Waals surface area contributed by atoms with Gasteiger partial charge in [0.05, 0.1) is 27.3 Å². The van der Waals surface area contributed by atoms with Gasteiger partial charge < -0.3 is 15.5 Å². The van der Waals surface area contributed by atoms with E-state index < -0.39 is 32.8 Å². The lowest BCUT2D eigenvalue weighted by Crippen LogP contribution is -2.33. The largest absolute Gasteiger partial charge is 0.465 e. The molecule has 0 unspecified atom stereocenters. The van der Waals surface area contributed by atoms with Crippen LogP contribution in [0, 0.1) is 11.3 Å². The molecule has 25 heavy (non-hydrogen) atoms. The number of carbonyl (C=O) groups is 1. The Hall–Kier alpha value is -1.82. The van der Waals surface area contributed by atoms with Crippen LogP contribution in [0.2, 0.25) is 5.02 Å². The zero-order valence-electron chi connectivity index (χ0n) is 13.4. The maximum Gasteiger partial charge on any atom is 0.405 e. The molecule has 0 aliphatic heterocycles. The zero-order chi connectivity index (χ0) is 18.7. The van der Waals surface area contributed by atoms with Gasteiger partial charge in [-0.3, -0.25) is 0 Å². The second kappa shape index (κ2) is 7.60. The standard InChI is InChI=1S/C11H13ClO3S.C5H6N2O2/c12-10-3-1-2-4-11(10)16(14,15)9-6-5-8(13)7-9;6-3-5(1-2-5)7-4(8)9/h1-4,8-9,13H,5-7H2;7H,1-2H2,(H,8,9)/t8-,9-;/m0./s1. The third-order valence-electron chi connectivity index (χ3n) is 4.25. The van der Waals surface area contributed by atoms with Crippen molar-refractivity contribution in [2.75, 3.05) is 0 Å². The highest BCUT2D eigenvalue weighted by molar-refractivity contribution is 7.92. The fraction of sp³-hybridized carbons (Fsp3) is 0.500. The Labute approximate surface area is 151 Å². The molecular formula is C16H19ClN2O5S. The molecule has 2 aliphatic carbocycles. The number of benzene rings is 1. The summed E-state index contributed by atoms with van der Waals surface area (Å²) in [5, 5.41) is 27.8. The predicted octanol–water partition coefficient (Wildman–Crippen LogP) is 2.34. The first-order valence-corrected chi connectivity index (χ1v) is 9.71. The smallest absolute Gasteiger partial charge is 0.405 e. The van der Waals surface area contributed by atoms with Crippen molar-refractivity contribution in [1.82, 2.24) is 5.32 Å². The van der Waals surface area contributed by atoms with Gasteiger partial charge in [-0.1, -0.05) is 23.7 Å². The lowest BCUT2D eigenvalue weighted by molar-refractivity contribution is 0.183. The first-order valence-electron chi connectivity index (χ1n) is 7.79. The van der Waals surface area contributed by atoms with Gasteiger partial charge in [-0.05, 0) is 44.2 Å². The summed E-state index contributed by atoms with van der Waals surface area (Å²) in [6.45, 7) is 0. The highest BCUT2D eigenvalue weighted by atomic mass is 35.5. The van der Waals surface area contributed by atoms with Crippen LogP contribution in [0.5, 0.6) is 0 Å². The summed E-state index contributed by atoms with van der Waals surface area (Å²) in [5.74, 6) is 0. The SMILES string of the molecule is N#CC1(NC(=O)O)CC1.O=S(=O)(c1ccccc1Cl)[C@H]1CC[C@H](O)C1. The van der Waals surface area contributed by atoms with Gasteiger partial charge >= 0.3 is 6.09 Å². The van der Waals surface area contributed by atoms with Crippen molar-refractivity contribution >= 4 is 27.5 Å². The van der Waals surface area contributed by atoms with Crippen LogP contribution >= 0.6 is 11.6 Å². The average molecular weight is 387 g/mol. The predicted molar refractivity (Wildman–Crippen MR) is 91.0 cm³/mol. The number of sulfone groups is 1. The molecule has 2 aliphatic rings. The number of halogens is 1. The van der Waals surface area contributed by atoms with E-state index in [0.717, 1.165) is 0 Å². The highest BCUT2D eigenvalue weighted by Crippen LogP contribution is 2.34. The molecule has 7 nitrogen and oxygen atoms in total. The molecule has 136 valence electrons. The third-order valence-corrected chi connectivity index (χ3v) is 6.97. The van der Waals surface area contributed by atoms with Gasteiger partial charge in [0, 0.05) is 0 Å². The van der Waals surface area contributed by atoms with Gasteiger partial charge in [0.1, 0.15) is 5.54 Å². The summed E-state index contributed by atoms with van der Waals surface area (Å²) in [4.78, 5) is 10.1. The van der Waals surface area contributed by atoms with Gasteiger partial charge in [-0.2, -0.15) is 5.26 Å². The van der Waals surface area contributed by atoms with Crippen LogP contribution in [0.4, 0.5) is 4.79 Å². The van der Waals surface area contributed by atoms with Crippen molar-refractivity contribution in [1.29, 1.82) is 5.26 Å². The summed E-state index contributed by atoms with van der Waals surface area (Å²) in [5.41, 5.74) is -0.730. The van der Waals surface area contributed by atoms with Crippen LogP contribution in [0.15, 0.2) is 29.2 Å². The molecule has 2 fully saturated rings.